The maximum atomic E-state index is 13.2. The number of carbonyl (C=O) groups is 2. The number of hydrogen-bond acceptors (Lipinski definition) is 6. The average Bonchev–Trinajstić information content (AvgIpc) is 3.74. The van der Waals surface area contributed by atoms with Gasteiger partial charge in [-0.2, -0.15) is 0 Å². The molecule has 2 N–H and O–H groups in total. The highest BCUT2D eigenvalue weighted by Crippen LogP contribution is 2.34. The van der Waals surface area contributed by atoms with Crippen LogP contribution < -0.4 is 15.7 Å². The number of amides is 2. The van der Waals surface area contributed by atoms with Crippen LogP contribution in [-0.4, -0.2) is 40.5 Å². The number of anilines is 1. The van der Waals surface area contributed by atoms with Crippen molar-refractivity contribution in [2.75, 3.05) is 11.4 Å². The van der Waals surface area contributed by atoms with Gasteiger partial charge in [0, 0.05) is 72.5 Å². The summed E-state index contributed by atoms with van der Waals surface area (Å²) in [5.74, 6) is 0.0292. The highest BCUT2D eigenvalue weighted by molar-refractivity contribution is 6.61. The molecular weight excluding hydrogens is 515 g/mol. The first kappa shape index (κ1) is 25.4. The van der Waals surface area contributed by atoms with Gasteiger partial charge in [0.1, 0.15) is 0 Å². The highest BCUT2D eigenvalue weighted by atomic mass is 16.5. The molecule has 0 atom stereocenters. The Hall–Kier alpha value is -4.60. The zero-order chi connectivity index (χ0) is 27.9. The monoisotopic (exact) mass is 542 g/mol. The molecule has 2 aromatic carbocycles. The molecule has 2 aromatic heterocycles. The zero-order valence-corrected chi connectivity index (χ0v) is 22.3. The van der Waals surface area contributed by atoms with Crippen molar-refractivity contribution < 1.29 is 19.3 Å². The Morgan fingerprint density at radius 2 is 1.93 bits per heavy atom. The predicted molar refractivity (Wildman–Crippen MR) is 157 cm³/mol. The third-order valence-electron chi connectivity index (χ3n) is 8.08. The van der Waals surface area contributed by atoms with E-state index in [0.29, 0.717) is 31.6 Å². The molecule has 3 aliphatic rings. The van der Waals surface area contributed by atoms with Crippen LogP contribution in [0.3, 0.4) is 0 Å². The SMILES string of the molecule is O=C(NCc1cccc2c1COB2O)C1=Cc2c(-c3cncc(-c4ccc(N5CCCC5=O)cc4)c3)ccnc2C1. The number of nitrogens with zero attached hydrogens (tertiary/aromatic N) is 3. The van der Waals surface area contributed by atoms with E-state index in [1.807, 2.05) is 71.9 Å². The molecule has 2 aliphatic heterocycles. The lowest BCUT2D eigenvalue weighted by Gasteiger charge is -2.16. The van der Waals surface area contributed by atoms with Crippen molar-refractivity contribution in [2.45, 2.75) is 32.4 Å². The lowest BCUT2D eigenvalue weighted by Crippen LogP contribution is -2.29. The Labute approximate surface area is 237 Å². The van der Waals surface area contributed by atoms with Crippen molar-refractivity contribution in [3.8, 4) is 22.3 Å². The van der Waals surface area contributed by atoms with Gasteiger partial charge in [-0.25, -0.2) is 0 Å². The third kappa shape index (κ3) is 4.73. The molecule has 0 saturated carbocycles. The smallest absolute Gasteiger partial charge is 0.423 e. The van der Waals surface area contributed by atoms with E-state index in [2.05, 4.69) is 21.4 Å². The summed E-state index contributed by atoms with van der Waals surface area (Å²) in [7, 11) is -0.912. The second-order valence-corrected chi connectivity index (χ2v) is 10.6. The highest BCUT2D eigenvalue weighted by Gasteiger charge is 2.29. The Kier molecular flexibility index (Phi) is 6.45. The van der Waals surface area contributed by atoms with Gasteiger partial charge in [-0.15, -0.1) is 0 Å². The summed E-state index contributed by atoms with van der Waals surface area (Å²) in [5.41, 5.74) is 9.88. The van der Waals surface area contributed by atoms with E-state index < -0.39 is 7.12 Å². The molecule has 7 rings (SSSR count). The lowest BCUT2D eigenvalue weighted by atomic mass is 9.78. The number of pyridine rings is 2. The fourth-order valence-electron chi connectivity index (χ4n) is 5.89. The lowest BCUT2D eigenvalue weighted by molar-refractivity contribution is -0.118. The molecule has 4 aromatic rings. The summed E-state index contributed by atoms with van der Waals surface area (Å²) in [6.07, 6.45) is 9.31. The van der Waals surface area contributed by atoms with Crippen LogP contribution >= 0.6 is 0 Å². The van der Waals surface area contributed by atoms with Gasteiger partial charge in [0.15, 0.2) is 0 Å². The molecule has 202 valence electrons. The molecule has 0 radical (unpaired) electrons. The summed E-state index contributed by atoms with van der Waals surface area (Å²) in [4.78, 5) is 36.2. The van der Waals surface area contributed by atoms with Gasteiger partial charge >= 0.3 is 7.12 Å². The number of hydrogen-bond donors (Lipinski definition) is 2. The van der Waals surface area contributed by atoms with E-state index in [9.17, 15) is 14.6 Å². The van der Waals surface area contributed by atoms with Crippen LogP contribution in [0.1, 0.15) is 35.2 Å². The van der Waals surface area contributed by atoms with Crippen LogP contribution in [0.2, 0.25) is 0 Å². The number of nitrogens with one attached hydrogen (secondary N) is 1. The van der Waals surface area contributed by atoms with Gasteiger partial charge < -0.3 is 19.9 Å². The predicted octanol–water partition coefficient (Wildman–Crippen LogP) is 3.41. The number of fused-ring (bicyclic) bond motifs is 2. The minimum absolute atomic E-state index is 0.144. The average molecular weight is 542 g/mol. The van der Waals surface area contributed by atoms with Crippen molar-refractivity contribution in [1.82, 2.24) is 15.3 Å². The number of carbonyl (C=O) groups excluding carboxylic acids is 2. The first-order valence-corrected chi connectivity index (χ1v) is 13.8. The quantitative estimate of drug-likeness (QED) is 0.362. The first-order valence-electron chi connectivity index (χ1n) is 13.8. The van der Waals surface area contributed by atoms with Crippen LogP contribution in [0.15, 0.2) is 78.8 Å². The van der Waals surface area contributed by atoms with Crippen molar-refractivity contribution in [3.63, 3.8) is 0 Å². The van der Waals surface area contributed by atoms with E-state index in [4.69, 9.17) is 4.65 Å². The van der Waals surface area contributed by atoms with Crippen molar-refractivity contribution in [2.24, 2.45) is 0 Å². The van der Waals surface area contributed by atoms with Crippen LogP contribution in [0.25, 0.3) is 28.3 Å². The Morgan fingerprint density at radius 3 is 2.76 bits per heavy atom. The number of benzene rings is 2. The standard InChI is InChI=1S/C32H27BN4O4/c38-31-5-2-12-37(31)25-8-6-20(7-9-25)23-13-24(17-34-16-23)26-10-11-35-30-15-22(14-27(26)30)32(39)36-18-21-3-1-4-29-28(21)19-41-33(29)40/h1,3-4,6-11,13-14,16-17,40H,2,5,12,15,18-19H2,(H,36,39). The normalized spacial score (nSPS) is 15.6. The van der Waals surface area contributed by atoms with Crippen molar-refractivity contribution >= 4 is 36.2 Å². The second-order valence-electron chi connectivity index (χ2n) is 10.6. The molecular formula is C32H27BN4O4. The van der Waals surface area contributed by atoms with Crippen LogP contribution in [0, 0.1) is 0 Å². The van der Waals surface area contributed by atoms with Gasteiger partial charge in [0.05, 0.1) is 12.3 Å². The van der Waals surface area contributed by atoms with Gasteiger partial charge in [-0.1, -0.05) is 30.3 Å². The Morgan fingerprint density at radius 1 is 1.07 bits per heavy atom. The molecule has 1 fully saturated rings. The van der Waals surface area contributed by atoms with Gasteiger partial charge in [-0.05, 0) is 64.5 Å². The molecule has 2 amide bonds. The molecule has 8 nitrogen and oxygen atoms in total. The second kappa shape index (κ2) is 10.4. The van der Waals surface area contributed by atoms with E-state index in [1.54, 1.807) is 6.20 Å². The van der Waals surface area contributed by atoms with Crippen LogP contribution in [-0.2, 0) is 33.8 Å². The van der Waals surface area contributed by atoms with Gasteiger partial charge in [0.2, 0.25) is 11.8 Å². The van der Waals surface area contributed by atoms with E-state index in [1.165, 1.54) is 0 Å². The molecule has 0 bridgehead atoms. The molecule has 1 saturated heterocycles. The fraction of sp³-hybridized carbons (Fsp3) is 0.188. The van der Waals surface area contributed by atoms with E-state index in [-0.39, 0.29) is 11.8 Å². The van der Waals surface area contributed by atoms with Crippen molar-refractivity contribution in [1.29, 1.82) is 0 Å². The Bertz CT molecular complexity index is 1720. The third-order valence-corrected chi connectivity index (χ3v) is 8.08. The maximum Gasteiger partial charge on any atom is 0.491 e. The molecule has 4 heterocycles. The van der Waals surface area contributed by atoms with E-state index >= 15 is 0 Å². The molecule has 41 heavy (non-hydrogen) atoms. The zero-order valence-electron chi connectivity index (χ0n) is 22.3. The number of aromatic nitrogens is 2. The molecule has 0 spiro atoms. The summed E-state index contributed by atoms with van der Waals surface area (Å²) in [6.45, 7) is 1.45. The summed E-state index contributed by atoms with van der Waals surface area (Å²) in [6, 6.07) is 17.7. The minimum Gasteiger partial charge on any atom is -0.423 e. The van der Waals surface area contributed by atoms with Crippen molar-refractivity contribution in [3.05, 3.63) is 101 Å². The molecule has 9 heteroatoms. The maximum absolute atomic E-state index is 13.2. The molecule has 0 unspecified atom stereocenters. The van der Waals surface area contributed by atoms with Crippen LogP contribution in [0.5, 0.6) is 0 Å². The number of rotatable bonds is 6. The van der Waals surface area contributed by atoms with E-state index in [0.717, 1.165) is 68.8 Å². The Balaban J connectivity index is 1.10. The summed E-state index contributed by atoms with van der Waals surface area (Å²) in [5, 5.41) is 13.0. The molecule has 1 aliphatic carbocycles. The van der Waals surface area contributed by atoms with Gasteiger partial charge in [-0.3, -0.25) is 19.6 Å². The minimum atomic E-state index is -0.912. The first-order chi connectivity index (χ1) is 20.0. The van der Waals surface area contributed by atoms with Crippen LogP contribution in [0.4, 0.5) is 5.69 Å². The van der Waals surface area contributed by atoms with Gasteiger partial charge in [0.25, 0.3) is 0 Å². The fourth-order valence-corrected chi connectivity index (χ4v) is 5.89. The summed E-state index contributed by atoms with van der Waals surface area (Å²) >= 11 is 0. The topological polar surface area (TPSA) is 105 Å². The largest absolute Gasteiger partial charge is 0.491 e. The summed E-state index contributed by atoms with van der Waals surface area (Å²) < 4.78 is 5.34.